The van der Waals surface area contributed by atoms with Gasteiger partial charge >= 0.3 is 0 Å². The molecule has 0 bridgehead atoms. The van der Waals surface area contributed by atoms with Crippen molar-refractivity contribution in [1.29, 1.82) is 0 Å². The second-order valence-corrected chi connectivity index (χ2v) is 5.57. The number of likely N-dealkylation sites (N-methyl/N-ethyl adjacent to an activating group) is 1. The molecule has 106 valence electrons. The highest BCUT2D eigenvalue weighted by Crippen LogP contribution is 2.20. The fourth-order valence-corrected chi connectivity index (χ4v) is 2.40. The predicted octanol–water partition coefficient (Wildman–Crippen LogP) is 1.30. The van der Waals surface area contributed by atoms with Gasteiger partial charge in [-0.3, -0.25) is 14.4 Å². The number of aryl methyl sites for hydroxylation is 1. The van der Waals surface area contributed by atoms with Gasteiger partial charge in [-0.1, -0.05) is 13.8 Å². The SMILES string of the molecule is CCn1cc(C(C)C)c(CN2CCN(C)C(=O)C2)n1. The van der Waals surface area contributed by atoms with Crippen molar-refractivity contribution in [1.82, 2.24) is 19.6 Å². The van der Waals surface area contributed by atoms with E-state index in [1.165, 1.54) is 5.56 Å². The molecule has 0 unspecified atom stereocenters. The lowest BCUT2D eigenvalue weighted by atomic mass is 10.0. The van der Waals surface area contributed by atoms with Gasteiger partial charge in [0.1, 0.15) is 0 Å². The first kappa shape index (κ1) is 14.1. The average Bonchev–Trinajstić information content (AvgIpc) is 2.77. The van der Waals surface area contributed by atoms with Crippen molar-refractivity contribution < 1.29 is 4.79 Å². The van der Waals surface area contributed by atoms with Crippen LogP contribution < -0.4 is 0 Å². The van der Waals surface area contributed by atoms with Crippen LogP contribution in [0.25, 0.3) is 0 Å². The van der Waals surface area contributed by atoms with E-state index < -0.39 is 0 Å². The maximum absolute atomic E-state index is 11.7. The van der Waals surface area contributed by atoms with Gasteiger partial charge < -0.3 is 4.90 Å². The Morgan fingerprint density at radius 3 is 2.68 bits per heavy atom. The van der Waals surface area contributed by atoms with Crippen molar-refractivity contribution in [3.05, 3.63) is 17.5 Å². The standard InChI is InChI=1S/C14H24N4O/c1-5-18-8-12(11(2)3)13(15-18)9-17-7-6-16(4)14(19)10-17/h8,11H,5-7,9-10H2,1-4H3. The molecule has 1 aliphatic heterocycles. The fourth-order valence-electron chi connectivity index (χ4n) is 2.40. The topological polar surface area (TPSA) is 41.4 Å². The molecular formula is C14H24N4O. The number of aromatic nitrogens is 2. The molecule has 0 atom stereocenters. The molecule has 1 aromatic heterocycles. The molecule has 2 heterocycles. The fraction of sp³-hybridized carbons (Fsp3) is 0.714. The molecule has 0 aliphatic carbocycles. The Morgan fingerprint density at radius 1 is 1.37 bits per heavy atom. The zero-order chi connectivity index (χ0) is 14.0. The minimum absolute atomic E-state index is 0.201. The van der Waals surface area contributed by atoms with Crippen LogP contribution in [0.5, 0.6) is 0 Å². The summed E-state index contributed by atoms with van der Waals surface area (Å²) in [5.74, 6) is 0.672. The quantitative estimate of drug-likeness (QED) is 0.823. The van der Waals surface area contributed by atoms with Gasteiger partial charge in [-0.25, -0.2) is 0 Å². The Hall–Kier alpha value is -1.36. The van der Waals surface area contributed by atoms with Crippen LogP contribution in [0.15, 0.2) is 6.20 Å². The summed E-state index contributed by atoms with van der Waals surface area (Å²) < 4.78 is 1.99. The number of nitrogens with zero attached hydrogens (tertiary/aromatic N) is 4. The van der Waals surface area contributed by atoms with Crippen LogP contribution in [0.3, 0.4) is 0 Å². The summed E-state index contributed by atoms with van der Waals surface area (Å²) in [4.78, 5) is 15.7. The normalized spacial score (nSPS) is 17.5. The molecule has 0 radical (unpaired) electrons. The number of carbonyl (C=O) groups excluding carboxylic acids is 1. The third-order valence-corrected chi connectivity index (χ3v) is 3.73. The Labute approximate surface area is 115 Å². The first-order valence-corrected chi connectivity index (χ1v) is 7.03. The molecule has 19 heavy (non-hydrogen) atoms. The van der Waals surface area contributed by atoms with Gasteiger partial charge in [-0.2, -0.15) is 5.10 Å². The lowest BCUT2D eigenvalue weighted by Crippen LogP contribution is -2.48. The summed E-state index contributed by atoms with van der Waals surface area (Å²) in [6.07, 6.45) is 2.14. The second-order valence-electron chi connectivity index (χ2n) is 5.57. The molecule has 5 nitrogen and oxygen atoms in total. The number of rotatable bonds is 4. The van der Waals surface area contributed by atoms with Crippen LogP contribution >= 0.6 is 0 Å². The van der Waals surface area contributed by atoms with E-state index in [0.717, 1.165) is 31.9 Å². The zero-order valence-corrected chi connectivity index (χ0v) is 12.4. The van der Waals surface area contributed by atoms with E-state index in [4.69, 9.17) is 0 Å². The van der Waals surface area contributed by atoms with Crippen molar-refractivity contribution in [3.63, 3.8) is 0 Å². The molecule has 2 rings (SSSR count). The van der Waals surface area contributed by atoms with E-state index in [0.29, 0.717) is 12.5 Å². The predicted molar refractivity (Wildman–Crippen MR) is 74.9 cm³/mol. The molecule has 0 spiro atoms. The van der Waals surface area contributed by atoms with Gasteiger partial charge in [-0.05, 0) is 18.4 Å². The molecule has 1 fully saturated rings. The minimum atomic E-state index is 0.201. The van der Waals surface area contributed by atoms with E-state index in [-0.39, 0.29) is 5.91 Å². The van der Waals surface area contributed by atoms with Crippen LogP contribution in [-0.2, 0) is 17.9 Å². The van der Waals surface area contributed by atoms with Crippen LogP contribution in [0, 0.1) is 0 Å². The van der Waals surface area contributed by atoms with Crippen LogP contribution in [-0.4, -0.2) is 52.2 Å². The van der Waals surface area contributed by atoms with Crippen LogP contribution in [0.1, 0.15) is 37.9 Å². The number of hydrogen-bond donors (Lipinski definition) is 0. The Morgan fingerprint density at radius 2 is 2.11 bits per heavy atom. The lowest BCUT2D eigenvalue weighted by Gasteiger charge is -2.31. The Balaban J connectivity index is 2.10. The third-order valence-electron chi connectivity index (χ3n) is 3.73. The molecule has 1 saturated heterocycles. The van der Waals surface area contributed by atoms with Gasteiger partial charge in [-0.15, -0.1) is 0 Å². The van der Waals surface area contributed by atoms with Crippen molar-refractivity contribution in [2.45, 2.75) is 39.8 Å². The van der Waals surface area contributed by atoms with Crippen molar-refractivity contribution in [2.75, 3.05) is 26.7 Å². The largest absolute Gasteiger partial charge is 0.343 e. The number of hydrogen-bond acceptors (Lipinski definition) is 3. The number of carbonyl (C=O) groups is 1. The van der Waals surface area contributed by atoms with Crippen LogP contribution in [0.2, 0.25) is 0 Å². The maximum Gasteiger partial charge on any atom is 0.236 e. The molecule has 1 amide bonds. The van der Waals surface area contributed by atoms with Gasteiger partial charge in [0.15, 0.2) is 0 Å². The highest BCUT2D eigenvalue weighted by Gasteiger charge is 2.23. The molecular weight excluding hydrogens is 240 g/mol. The second kappa shape index (κ2) is 5.74. The third kappa shape index (κ3) is 3.15. The first-order valence-electron chi connectivity index (χ1n) is 7.03. The Kier molecular flexibility index (Phi) is 4.24. The number of piperazine rings is 1. The van der Waals surface area contributed by atoms with E-state index in [1.807, 2.05) is 11.7 Å². The number of amides is 1. The molecule has 1 aromatic rings. The van der Waals surface area contributed by atoms with Gasteiger partial charge in [0.2, 0.25) is 5.91 Å². The summed E-state index contributed by atoms with van der Waals surface area (Å²) >= 11 is 0. The van der Waals surface area contributed by atoms with Gasteiger partial charge in [0, 0.05) is 39.4 Å². The monoisotopic (exact) mass is 264 g/mol. The maximum atomic E-state index is 11.7. The molecule has 0 aromatic carbocycles. The van der Waals surface area contributed by atoms with E-state index in [1.54, 1.807) is 4.90 Å². The first-order chi connectivity index (χ1) is 9.01. The zero-order valence-electron chi connectivity index (χ0n) is 12.4. The lowest BCUT2D eigenvalue weighted by molar-refractivity contribution is -0.134. The van der Waals surface area contributed by atoms with E-state index in [2.05, 4.69) is 37.0 Å². The minimum Gasteiger partial charge on any atom is -0.343 e. The molecule has 1 aliphatic rings. The Bertz CT molecular complexity index is 452. The van der Waals surface area contributed by atoms with Gasteiger partial charge in [0.05, 0.1) is 12.2 Å². The van der Waals surface area contributed by atoms with Crippen molar-refractivity contribution in [2.24, 2.45) is 0 Å². The van der Waals surface area contributed by atoms with Crippen molar-refractivity contribution >= 4 is 5.91 Å². The van der Waals surface area contributed by atoms with Crippen LogP contribution in [0.4, 0.5) is 0 Å². The smallest absolute Gasteiger partial charge is 0.236 e. The van der Waals surface area contributed by atoms with E-state index >= 15 is 0 Å². The highest BCUT2D eigenvalue weighted by atomic mass is 16.2. The summed E-state index contributed by atoms with van der Waals surface area (Å²) in [6.45, 7) is 10.4. The van der Waals surface area contributed by atoms with E-state index in [9.17, 15) is 4.79 Å². The molecule has 0 saturated carbocycles. The average molecular weight is 264 g/mol. The van der Waals surface area contributed by atoms with Gasteiger partial charge in [0.25, 0.3) is 0 Å². The summed E-state index contributed by atoms with van der Waals surface area (Å²) in [5.41, 5.74) is 2.42. The molecule has 5 heteroatoms. The highest BCUT2D eigenvalue weighted by molar-refractivity contribution is 5.78. The summed E-state index contributed by atoms with van der Waals surface area (Å²) in [7, 11) is 1.87. The summed E-state index contributed by atoms with van der Waals surface area (Å²) in [5, 5.41) is 4.64. The van der Waals surface area contributed by atoms with Crippen molar-refractivity contribution in [3.8, 4) is 0 Å². The summed E-state index contributed by atoms with van der Waals surface area (Å²) in [6, 6.07) is 0. The molecule has 0 N–H and O–H groups in total.